The van der Waals surface area contributed by atoms with E-state index < -0.39 is 17.7 Å². The first-order chi connectivity index (χ1) is 17.8. The van der Waals surface area contributed by atoms with E-state index in [0.29, 0.717) is 5.75 Å². The second-order valence-electron chi connectivity index (χ2n) is 10.2. The number of aliphatic carboxylic acids is 1. The summed E-state index contributed by atoms with van der Waals surface area (Å²) >= 11 is 0. The lowest BCUT2D eigenvalue weighted by molar-refractivity contribution is -0.139. The lowest BCUT2D eigenvalue weighted by Gasteiger charge is -2.45. The molecule has 2 atom stereocenters. The SMILES string of the molecule is C/C=S(/c1ccc(OCC(=O)O)c(C)c1)N1CC(C)(C)c2ccc(-c3ccc(C(F)(F)F)cc3)cc2C1C. The van der Waals surface area contributed by atoms with E-state index in [9.17, 15) is 18.0 Å². The fourth-order valence-corrected chi connectivity index (χ4v) is 7.26. The van der Waals surface area contributed by atoms with Crippen molar-refractivity contribution in [1.82, 2.24) is 4.31 Å². The van der Waals surface area contributed by atoms with Crippen LogP contribution in [0, 0.1) is 6.92 Å². The molecule has 0 radical (unpaired) electrons. The van der Waals surface area contributed by atoms with Crippen LogP contribution in [0.4, 0.5) is 13.2 Å². The highest BCUT2D eigenvalue weighted by atomic mass is 32.2. The molecular weight excluding hydrogens is 511 g/mol. The van der Waals surface area contributed by atoms with Crippen LogP contribution >= 0.6 is 10.7 Å². The van der Waals surface area contributed by atoms with E-state index in [4.69, 9.17) is 9.84 Å². The van der Waals surface area contributed by atoms with Crippen LogP contribution in [-0.4, -0.2) is 33.9 Å². The standard InChI is InChI=1S/C30H32F3NO3S/c1-6-38(24-12-14-27(19(2)15-24)37-17-28(35)36)34-18-29(4,5)26-13-9-22(16-25(26)20(34)3)21-7-10-23(11-8-21)30(31,32)33/h6-16,20H,17-18H2,1-5H3,(H,35,36). The van der Waals surface area contributed by atoms with Crippen molar-refractivity contribution in [3.05, 3.63) is 82.9 Å². The highest BCUT2D eigenvalue weighted by Crippen LogP contribution is 2.48. The monoisotopic (exact) mass is 543 g/mol. The highest BCUT2D eigenvalue weighted by Gasteiger charge is 2.37. The lowest BCUT2D eigenvalue weighted by atomic mass is 9.76. The van der Waals surface area contributed by atoms with Crippen molar-refractivity contribution in [2.75, 3.05) is 13.2 Å². The van der Waals surface area contributed by atoms with Crippen LogP contribution < -0.4 is 4.74 Å². The van der Waals surface area contributed by atoms with Gasteiger partial charge in [0.15, 0.2) is 6.61 Å². The van der Waals surface area contributed by atoms with Crippen LogP contribution in [0.5, 0.6) is 5.75 Å². The number of benzene rings is 3. The Bertz CT molecular complexity index is 1380. The average Bonchev–Trinajstić information content (AvgIpc) is 2.86. The summed E-state index contributed by atoms with van der Waals surface area (Å²) in [7, 11) is -0.349. The number of carboxylic acids is 1. The van der Waals surface area contributed by atoms with Crippen LogP contribution in [0.3, 0.4) is 0 Å². The van der Waals surface area contributed by atoms with Crippen LogP contribution in [0.15, 0.2) is 65.6 Å². The van der Waals surface area contributed by atoms with Gasteiger partial charge in [0.2, 0.25) is 0 Å². The number of hydrogen-bond donors (Lipinski definition) is 1. The summed E-state index contributed by atoms with van der Waals surface area (Å²) in [6.07, 6.45) is -4.36. The van der Waals surface area contributed by atoms with E-state index in [1.165, 1.54) is 17.7 Å². The summed E-state index contributed by atoms with van der Waals surface area (Å²) in [4.78, 5) is 12.0. The maximum absolute atomic E-state index is 13.1. The molecule has 1 heterocycles. The third-order valence-electron chi connectivity index (χ3n) is 6.97. The largest absolute Gasteiger partial charge is 0.482 e. The summed E-state index contributed by atoms with van der Waals surface area (Å²) < 4.78 is 47.0. The molecule has 0 aromatic heterocycles. The van der Waals surface area contributed by atoms with Gasteiger partial charge >= 0.3 is 12.1 Å². The van der Waals surface area contributed by atoms with Crippen molar-refractivity contribution >= 4 is 22.0 Å². The number of rotatable bonds is 6. The molecule has 1 N–H and O–H groups in total. The van der Waals surface area contributed by atoms with E-state index in [0.717, 1.165) is 45.8 Å². The maximum atomic E-state index is 13.1. The van der Waals surface area contributed by atoms with Gasteiger partial charge in [0.1, 0.15) is 5.75 Å². The molecule has 3 aromatic rings. The zero-order valence-corrected chi connectivity index (χ0v) is 22.9. The van der Waals surface area contributed by atoms with Crippen LogP contribution in [0.1, 0.15) is 56.0 Å². The number of ether oxygens (including phenoxy) is 1. The minimum Gasteiger partial charge on any atom is -0.482 e. The smallest absolute Gasteiger partial charge is 0.416 e. The summed E-state index contributed by atoms with van der Waals surface area (Å²) in [5.74, 6) is -0.469. The molecule has 38 heavy (non-hydrogen) atoms. The van der Waals surface area contributed by atoms with Gasteiger partial charge in [0.05, 0.1) is 5.56 Å². The molecule has 8 heteroatoms. The molecule has 202 valence electrons. The van der Waals surface area contributed by atoms with E-state index in [2.05, 4.69) is 42.6 Å². The Morgan fingerprint density at radius 2 is 1.76 bits per heavy atom. The Hall–Kier alpha value is -3.10. The minimum atomic E-state index is -4.36. The van der Waals surface area contributed by atoms with Crippen LogP contribution in [0.2, 0.25) is 0 Å². The predicted molar refractivity (Wildman–Crippen MR) is 147 cm³/mol. The summed E-state index contributed by atoms with van der Waals surface area (Å²) in [6, 6.07) is 17.5. The maximum Gasteiger partial charge on any atom is 0.416 e. The first-order valence-corrected chi connectivity index (χ1v) is 13.6. The topological polar surface area (TPSA) is 49.8 Å². The molecule has 0 saturated carbocycles. The average molecular weight is 544 g/mol. The van der Waals surface area contributed by atoms with Crippen molar-refractivity contribution < 1.29 is 27.8 Å². The number of nitrogens with zero attached hydrogens (tertiary/aromatic N) is 1. The van der Waals surface area contributed by atoms with Gasteiger partial charge in [-0.3, -0.25) is 0 Å². The van der Waals surface area contributed by atoms with E-state index >= 15 is 0 Å². The van der Waals surface area contributed by atoms with Crippen molar-refractivity contribution in [1.29, 1.82) is 0 Å². The molecule has 2 unspecified atom stereocenters. The van der Waals surface area contributed by atoms with Gasteiger partial charge in [-0.05, 0) is 90.4 Å². The normalized spacial score (nSPS) is 18.2. The number of halogens is 3. The number of hydrogen-bond acceptors (Lipinski definition) is 3. The molecule has 4 rings (SSSR count). The van der Waals surface area contributed by atoms with E-state index in [1.807, 2.05) is 38.1 Å². The zero-order chi connectivity index (χ0) is 27.8. The molecule has 0 bridgehead atoms. The second kappa shape index (κ2) is 10.6. The van der Waals surface area contributed by atoms with Crippen molar-refractivity contribution in [2.24, 2.45) is 0 Å². The molecule has 0 amide bonds. The Balaban J connectivity index is 1.69. The van der Waals surface area contributed by atoms with Crippen molar-refractivity contribution in [3.63, 3.8) is 0 Å². The van der Waals surface area contributed by atoms with E-state index in [-0.39, 0.29) is 28.7 Å². The fourth-order valence-electron chi connectivity index (χ4n) is 5.02. The third kappa shape index (κ3) is 5.66. The summed E-state index contributed by atoms with van der Waals surface area (Å²) in [5.41, 5.74) is 4.11. The predicted octanol–water partition coefficient (Wildman–Crippen LogP) is 7.86. The van der Waals surface area contributed by atoms with Gasteiger partial charge in [0.25, 0.3) is 0 Å². The lowest BCUT2D eigenvalue weighted by Crippen LogP contribution is -2.41. The van der Waals surface area contributed by atoms with Gasteiger partial charge in [-0.15, -0.1) is 0 Å². The quantitative estimate of drug-likeness (QED) is 0.322. The number of carbonyl (C=O) groups is 1. The molecule has 0 fully saturated rings. The fraction of sp³-hybridized carbons (Fsp3) is 0.333. The van der Waals surface area contributed by atoms with Crippen LogP contribution in [-0.2, 0) is 16.4 Å². The second-order valence-corrected chi connectivity index (χ2v) is 12.2. The van der Waals surface area contributed by atoms with Crippen LogP contribution in [0.25, 0.3) is 11.1 Å². The molecule has 1 aliphatic rings. The van der Waals surface area contributed by atoms with Gasteiger partial charge in [-0.2, -0.15) is 13.2 Å². The third-order valence-corrected chi connectivity index (χ3v) is 9.11. The highest BCUT2D eigenvalue weighted by molar-refractivity contribution is 8.13. The molecular formula is C30H32F3NO3S. The van der Waals surface area contributed by atoms with E-state index in [1.54, 1.807) is 0 Å². The molecule has 0 saturated heterocycles. The first kappa shape index (κ1) is 27.9. The molecule has 0 aliphatic carbocycles. The number of fused-ring (bicyclic) bond motifs is 1. The summed E-state index contributed by atoms with van der Waals surface area (Å²) in [6.45, 7) is 11.0. The minimum absolute atomic E-state index is 0.0650. The van der Waals surface area contributed by atoms with Crippen molar-refractivity contribution in [3.8, 4) is 16.9 Å². The number of carboxylic acid groups (broad SMARTS) is 1. The van der Waals surface area contributed by atoms with Gasteiger partial charge in [-0.1, -0.05) is 48.8 Å². The zero-order valence-electron chi connectivity index (χ0n) is 22.1. The van der Waals surface area contributed by atoms with Crippen molar-refractivity contribution in [2.45, 2.75) is 57.1 Å². The van der Waals surface area contributed by atoms with Gasteiger partial charge in [0, 0.05) is 22.9 Å². The number of aryl methyl sites for hydroxylation is 1. The molecule has 1 aliphatic heterocycles. The number of alkyl halides is 3. The molecule has 3 aromatic carbocycles. The molecule has 4 nitrogen and oxygen atoms in total. The van der Waals surface area contributed by atoms with Gasteiger partial charge < -0.3 is 9.84 Å². The molecule has 0 spiro atoms. The first-order valence-electron chi connectivity index (χ1n) is 12.4. The summed E-state index contributed by atoms with van der Waals surface area (Å²) in [5, 5.41) is 11.1. The van der Waals surface area contributed by atoms with Gasteiger partial charge in [-0.25, -0.2) is 9.10 Å². The Morgan fingerprint density at radius 1 is 1.11 bits per heavy atom. The Kier molecular flexibility index (Phi) is 7.77. The Labute approximate surface area is 224 Å². The Morgan fingerprint density at radius 3 is 2.34 bits per heavy atom.